The van der Waals surface area contributed by atoms with E-state index in [0.29, 0.717) is 0 Å². The lowest BCUT2D eigenvalue weighted by Gasteiger charge is -2.24. The van der Waals surface area contributed by atoms with Crippen LogP contribution < -0.4 is 0 Å². The monoisotopic (exact) mass is 272 g/mol. The lowest BCUT2D eigenvalue weighted by molar-refractivity contribution is 0.322. The molecule has 2 saturated carbocycles. The van der Waals surface area contributed by atoms with Gasteiger partial charge in [-0.25, -0.2) is 0 Å². The zero-order valence-corrected chi connectivity index (χ0v) is 11.5. The second kappa shape index (κ2) is 6.27. The lowest BCUT2D eigenvalue weighted by atomic mass is 9.85. The summed E-state index contributed by atoms with van der Waals surface area (Å²) < 4.78 is 0. The number of alkyl halides is 1. The molecular formula is C14H25Br. The average molecular weight is 273 g/mol. The van der Waals surface area contributed by atoms with E-state index < -0.39 is 0 Å². The van der Waals surface area contributed by atoms with Crippen LogP contribution in [0.15, 0.2) is 0 Å². The summed E-state index contributed by atoms with van der Waals surface area (Å²) in [4.78, 5) is 0.835. The Morgan fingerprint density at radius 3 is 2.13 bits per heavy atom. The van der Waals surface area contributed by atoms with E-state index in [-0.39, 0.29) is 0 Å². The van der Waals surface area contributed by atoms with Crippen LogP contribution in [0.3, 0.4) is 0 Å². The van der Waals surface area contributed by atoms with Gasteiger partial charge in [0.15, 0.2) is 0 Å². The van der Waals surface area contributed by atoms with Gasteiger partial charge in [-0.05, 0) is 37.5 Å². The van der Waals surface area contributed by atoms with E-state index >= 15 is 0 Å². The van der Waals surface area contributed by atoms with Crippen LogP contribution in [0.2, 0.25) is 0 Å². The molecule has 1 atom stereocenters. The molecule has 1 unspecified atom stereocenters. The highest BCUT2D eigenvalue weighted by atomic mass is 79.9. The third kappa shape index (κ3) is 3.76. The Balaban J connectivity index is 1.63. The van der Waals surface area contributed by atoms with Gasteiger partial charge in [0.1, 0.15) is 0 Å². The molecule has 0 bridgehead atoms. The molecule has 0 radical (unpaired) electrons. The molecule has 0 nitrogen and oxygen atoms in total. The summed E-state index contributed by atoms with van der Waals surface area (Å²) in [6.07, 6.45) is 16.4. The summed E-state index contributed by atoms with van der Waals surface area (Å²) in [6.45, 7) is 0. The van der Waals surface area contributed by atoms with Crippen molar-refractivity contribution in [3.05, 3.63) is 0 Å². The summed E-state index contributed by atoms with van der Waals surface area (Å²) >= 11 is 3.93. The molecule has 0 aliphatic heterocycles. The molecule has 88 valence electrons. The minimum Gasteiger partial charge on any atom is -0.0888 e. The van der Waals surface area contributed by atoms with Gasteiger partial charge in [0.2, 0.25) is 0 Å². The molecule has 2 fully saturated rings. The highest BCUT2D eigenvalue weighted by Gasteiger charge is 2.23. The van der Waals surface area contributed by atoms with Crippen molar-refractivity contribution >= 4 is 15.9 Å². The maximum Gasteiger partial charge on any atom is 0.0174 e. The molecule has 0 aromatic rings. The van der Waals surface area contributed by atoms with E-state index in [1.165, 1.54) is 70.6 Å². The minimum absolute atomic E-state index is 0.835. The van der Waals surface area contributed by atoms with Gasteiger partial charge in [0.05, 0.1) is 0 Å². The first-order valence-electron chi connectivity index (χ1n) is 7.00. The maximum absolute atomic E-state index is 3.93. The van der Waals surface area contributed by atoms with Crippen LogP contribution in [0.25, 0.3) is 0 Å². The van der Waals surface area contributed by atoms with Gasteiger partial charge in [-0.3, -0.25) is 0 Å². The first-order valence-corrected chi connectivity index (χ1v) is 7.92. The van der Waals surface area contributed by atoms with Gasteiger partial charge in [0.25, 0.3) is 0 Å². The predicted molar refractivity (Wildman–Crippen MR) is 70.5 cm³/mol. The van der Waals surface area contributed by atoms with E-state index in [1.807, 2.05) is 0 Å². The fraction of sp³-hybridized carbons (Fsp3) is 1.00. The van der Waals surface area contributed by atoms with Gasteiger partial charge >= 0.3 is 0 Å². The molecule has 2 rings (SSSR count). The van der Waals surface area contributed by atoms with E-state index in [1.54, 1.807) is 0 Å². The number of rotatable bonds is 4. The van der Waals surface area contributed by atoms with Crippen LogP contribution in [0.4, 0.5) is 0 Å². The molecule has 0 amide bonds. The Morgan fingerprint density at radius 1 is 0.867 bits per heavy atom. The van der Waals surface area contributed by atoms with Crippen molar-refractivity contribution in [1.82, 2.24) is 0 Å². The van der Waals surface area contributed by atoms with Crippen molar-refractivity contribution in [1.29, 1.82) is 0 Å². The fourth-order valence-corrected chi connectivity index (χ4v) is 4.22. The molecule has 0 N–H and O–H groups in total. The Kier molecular flexibility index (Phi) is 5.00. The highest BCUT2D eigenvalue weighted by Crippen LogP contribution is 2.36. The predicted octanol–water partition coefficient (Wildman–Crippen LogP) is 5.30. The van der Waals surface area contributed by atoms with Crippen molar-refractivity contribution in [2.75, 3.05) is 0 Å². The summed E-state index contributed by atoms with van der Waals surface area (Å²) in [5.74, 6) is 2.08. The van der Waals surface area contributed by atoms with Gasteiger partial charge in [0, 0.05) is 4.83 Å². The summed E-state index contributed by atoms with van der Waals surface area (Å²) in [5, 5.41) is 0. The number of halogens is 1. The van der Waals surface area contributed by atoms with E-state index in [9.17, 15) is 0 Å². The van der Waals surface area contributed by atoms with Crippen molar-refractivity contribution in [3.63, 3.8) is 0 Å². The highest BCUT2D eigenvalue weighted by molar-refractivity contribution is 9.09. The van der Waals surface area contributed by atoms with E-state index in [0.717, 1.165) is 16.7 Å². The lowest BCUT2D eigenvalue weighted by Crippen LogP contribution is -2.14. The topological polar surface area (TPSA) is 0 Å². The molecule has 2 aliphatic rings. The van der Waals surface area contributed by atoms with Crippen LogP contribution in [0.5, 0.6) is 0 Å². The first kappa shape index (κ1) is 12.0. The molecule has 0 heterocycles. The van der Waals surface area contributed by atoms with E-state index in [2.05, 4.69) is 15.9 Å². The SMILES string of the molecule is BrC(CCC1CCCCC1)C1CCCC1. The molecule has 0 aromatic carbocycles. The van der Waals surface area contributed by atoms with Gasteiger partial charge in [-0.15, -0.1) is 0 Å². The fourth-order valence-electron chi connectivity index (χ4n) is 3.43. The zero-order valence-electron chi connectivity index (χ0n) is 9.89. The average Bonchev–Trinajstić information content (AvgIpc) is 2.81. The molecule has 15 heavy (non-hydrogen) atoms. The number of hydrogen-bond acceptors (Lipinski definition) is 0. The standard InChI is InChI=1S/C14H25Br/c15-14(13-8-4-5-9-13)11-10-12-6-2-1-3-7-12/h12-14H,1-11H2. The molecule has 0 spiro atoms. The number of hydrogen-bond donors (Lipinski definition) is 0. The van der Waals surface area contributed by atoms with Crippen molar-refractivity contribution in [2.24, 2.45) is 11.8 Å². The Bertz CT molecular complexity index is 166. The minimum atomic E-state index is 0.835. The second-order valence-electron chi connectivity index (χ2n) is 5.64. The van der Waals surface area contributed by atoms with Crippen LogP contribution in [0.1, 0.15) is 70.6 Å². The smallest absolute Gasteiger partial charge is 0.0174 e. The third-order valence-corrected chi connectivity index (χ3v) is 5.69. The second-order valence-corrected chi connectivity index (χ2v) is 6.82. The zero-order chi connectivity index (χ0) is 10.5. The largest absolute Gasteiger partial charge is 0.0888 e. The van der Waals surface area contributed by atoms with Crippen molar-refractivity contribution in [3.8, 4) is 0 Å². The summed E-state index contributed by atoms with van der Waals surface area (Å²) in [5.41, 5.74) is 0. The van der Waals surface area contributed by atoms with Crippen molar-refractivity contribution in [2.45, 2.75) is 75.5 Å². The van der Waals surface area contributed by atoms with Gasteiger partial charge in [-0.1, -0.05) is 60.9 Å². The van der Waals surface area contributed by atoms with Gasteiger partial charge in [-0.2, -0.15) is 0 Å². The van der Waals surface area contributed by atoms with Crippen LogP contribution in [-0.2, 0) is 0 Å². The molecule has 1 heteroatoms. The van der Waals surface area contributed by atoms with Gasteiger partial charge < -0.3 is 0 Å². The first-order chi connectivity index (χ1) is 7.36. The van der Waals surface area contributed by atoms with Crippen molar-refractivity contribution < 1.29 is 0 Å². The van der Waals surface area contributed by atoms with E-state index in [4.69, 9.17) is 0 Å². The van der Waals surface area contributed by atoms with Crippen LogP contribution in [-0.4, -0.2) is 4.83 Å². The molecule has 0 saturated heterocycles. The van der Waals surface area contributed by atoms with Crippen LogP contribution >= 0.6 is 15.9 Å². The molecule has 0 aromatic heterocycles. The molecule has 2 aliphatic carbocycles. The Hall–Kier alpha value is 0.480. The normalized spacial score (nSPS) is 27.0. The Labute approximate surface area is 103 Å². The Morgan fingerprint density at radius 2 is 1.47 bits per heavy atom. The third-order valence-electron chi connectivity index (χ3n) is 4.49. The van der Waals surface area contributed by atoms with Crippen LogP contribution in [0, 0.1) is 11.8 Å². The molecular weight excluding hydrogens is 248 g/mol. The quantitative estimate of drug-likeness (QED) is 0.610. The maximum atomic E-state index is 3.93. The summed E-state index contributed by atoms with van der Waals surface area (Å²) in [6, 6.07) is 0. The summed E-state index contributed by atoms with van der Waals surface area (Å²) in [7, 11) is 0.